The maximum absolute atomic E-state index is 13.6. The molecule has 3 aromatic heterocycles. The van der Waals surface area contributed by atoms with Gasteiger partial charge in [0, 0.05) is 37.1 Å². The first-order chi connectivity index (χ1) is 18.0. The number of aryl methyl sites for hydroxylation is 2. The molecule has 4 aromatic rings. The van der Waals surface area contributed by atoms with Crippen LogP contribution in [-0.2, 0) is 0 Å². The molecule has 0 unspecified atom stereocenters. The molecule has 2 fully saturated rings. The molecular weight excluding hydrogens is 470 g/mol. The second-order valence-corrected chi connectivity index (χ2v) is 10.2. The van der Waals surface area contributed by atoms with E-state index in [1.807, 2.05) is 23.7 Å². The molecule has 1 aliphatic heterocycles. The molecule has 1 N–H and O–H groups in total. The highest BCUT2D eigenvalue weighted by molar-refractivity contribution is 5.91. The van der Waals surface area contributed by atoms with Gasteiger partial charge in [-0.1, -0.05) is 25.0 Å². The number of rotatable bonds is 5. The summed E-state index contributed by atoms with van der Waals surface area (Å²) in [5, 5.41) is 13.9. The van der Waals surface area contributed by atoms with Gasteiger partial charge in [0.15, 0.2) is 11.6 Å². The van der Waals surface area contributed by atoms with Crippen LogP contribution in [0.2, 0.25) is 0 Å². The molecule has 192 valence electrons. The fraction of sp³-hybridized carbons (Fsp3) is 0.444. The van der Waals surface area contributed by atoms with Gasteiger partial charge in [0.1, 0.15) is 6.04 Å². The van der Waals surface area contributed by atoms with E-state index in [-0.39, 0.29) is 17.5 Å². The summed E-state index contributed by atoms with van der Waals surface area (Å²) >= 11 is 0. The van der Waals surface area contributed by atoms with Crippen molar-refractivity contribution in [3.63, 3.8) is 0 Å². The highest BCUT2D eigenvalue weighted by atomic mass is 16.3. The Bertz CT molecular complexity index is 1480. The molecule has 1 saturated carbocycles. The lowest BCUT2D eigenvalue weighted by atomic mass is 9.99. The third-order valence-electron chi connectivity index (χ3n) is 7.90. The first-order valence-corrected chi connectivity index (χ1v) is 13.0. The number of amides is 1. The number of carbonyl (C=O) groups is 1. The molecule has 6 rings (SSSR count). The minimum absolute atomic E-state index is 0.119. The number of nitrogens with zero attached hydrogens (tertiary/aromatic N) is 6. The summed E-state index contributed by atoms with van der Waals surface area (Å²) in [5.41, 5.74) is 3.47. The van der Waals surface area contributed by atoms with Crippen molar-refractivity contribution in [2.24, 2.45) is 0 Å². The zero-order valence-corrected chi connectivity index (χ0v) is 21.2. The molecule has 37 heavy (non-hydrogen) atoms. The van der Waals surface area contributed by atoms with Crippen molar-refractivity contribution in [3.8, 4) is 0 Å². The van der Waals surface area contributed by atoms with Gasteiger partial charge >= 0.3 is 0 Å². The number of nitrogens with one attached hydrogen (secondary N) is 1. The van der Waals surface area contributed by atoms with Crippen LogP contribution in [0.1, 0.15) is 70.8 Å². The summed E-state index contributed by atoms with van der Waals surface area (Å²) in [4.78, 5) is 33.6. The third-order valence-corrected chi connectivity index (χ3v) is 7.90. The predicted molar refractivity (Wildman–Crippen MR) is 137 cm³/mol. The monoisotopic (exact) mass is 501 g/mol. The summed E-state index contributed by atoms with van der Waals surface area (Å²) in [6.45, 7) is 6.26. The standard InChI is InChI=1S/C27H31N7O3/c1-17-9-10-18(2)23-20(17)16-21(26(35)28-23)24(25-29-30-31-34(25)19-6-3-4-7-19)32-11-13-33(14-12-32)27(36)22-8-5-15-37-22/h5,8-10,15-16,19,24H,3-4,6-7,11-14H2,1-2H3,(H,28,35)/t24-/m0/s1. The van der Waals surface area contributed by atoms with Crippen LogP contribution in [0.4, 0.5) is 0 Å². The van der Waals surface area contributed by atoms with E-state index in [4.69, 9.17) is 4.42 Å². The second-order valence-electron chi connectivity index (χ2n) is 10.2. The van der Waals surface area contributed by atoms with Gasteiger partial charge in [0.25, 0.3) is 11.5 Å². The van der Waals surface area contributed by atoms with E-state index in [0.717, 1.165) is 47.7 Å². The van der Waals surface area contributed by atoms with Crippen molar-refractivity contribution in [1.82, 2.24) is 35.0 Å². The number of fused-ring (bicyclic) bond motifs is 1. The number of hydrogen-bond acceptors (Lipinski definition) is 7. The first-order valence-electron chi connectivity index (χ1n) is 13.0. The quantitative estimate of drug-likeness (QED) is 0.446. The molecule has 2 aliphatic rings. The molecule has 1 atom stereocenters. The zero-order chi connectivity index (χ0) is 25.5. The van der Waals surface area contributed by atoms with Gasteiger partial charge in [0.05, 0.1) is 17.8 Å². The molecule has 10 heteroatoms. The number of pyridine rings is 1. The lowest BCUT2D eigenvalue weighted by molar-refractivity contribution is 0.0557. The summed E-state index contributed by atoms with van der Waals surface area (Å²) in [5.74, 6) is 0.909. The van der Waals surface area contributed by atoms with E-state index >= 15 is 0 Å². The fourth-order valence-corrected chi connectivity index (χ4v) is 5.82. The van der Waals surface area contributed by atoms with Crippen molar-refractivity contribution in [1.29, 1.82) is 0 Å². The lowest BCUT2D eigenvalue weighted by Gasteiger charge is -2.38. The van der Waals surface area contributed by atoms with Gasteiger partial charge in [-0.05, 0) is 66.4 Å². The average molecular weight is 502 g/mol. The summed E-state index contributed by atoms with van der Waals surface area (Å²) in [6, 6.07) is 9.33. The van der Waals surface area contributed by atoms with E-state index in [2.05, 4.69) is 38.4 Å². The van der Waals surface area contributed by atoms with Gasteiger partial charge in [-0.2, -0.15) is 0 Å². The maximum atomic E-state index is 13.6. The number of hydrogen-bond donors (Lipinski definition) is 1. The Balaban J connectivity index is 1.40. The number of furan rings is 1. The van der Waals surface area contributed by atoms with Crippen molar-refractivity contribution in [3.05, 3.63) is 75.2 Å². The van der Waals surface area contributed by atoms with Crippen molar-refractivity contribution in [2.45, 2.75) is 51.6 Å². The number of H-pyrrole nitrogens is 1. The Kier molecular flexibility index (Phi) is 6.11. The van der Waals surface area contributed by atoms with E-state index in [0.29, 0.717) is 43.3 Å². The highest BCUT2D eigenvalue weighted by Gasteiger charge is 2.36. The fourth-order valence-electron chi connectivity index (χ4n) is 5.82. The molecular formula is C27H31N7O3. The van der Waals surface area contributed by atoms with E-state index in [1.165, 1.54) is 6.26 Å². The van der Waals surface area contributed by atoms with Crippen LogP contribution in [0.5, 0.6) is 0 Å². The van der Waals surface area contributed by atoms with Crippen LogP contribution in [0.15, 0.2) is 45.8 Å². The Morgan fingerprint density at radius 2 is 1.84 bits per heavy atom. The SMILES string of the molecule is Cc1ccc(C)c2[nH]c(=O)c([C@@H](c3nnnn3C3CCCC3)N3CCN(C(=O)c4ccco4)CC3)cc12. The number of aromatic nitrogens is 5. The topological polar surface area (TPSA) is 113 Å². The van der Waals surface area contributed by atoms with Crippen LogP contribution in [-0.4, -0.2) is 67.1 Å². The number of aromatic amines is 1. The first kappa shape index (κ1) is 23.6. The molecule has 0 spiro atoms. The van der Waals surface area contributed by atoms with Crippen molar-refractivity contribution < 1.29 is 9.21 Å². The van der Waals surface area contributed by atoms with Crippen molar-refractivity contribution in [2.75, 3.05) is 26.2 Å². The van der Waals surface area contributed by atoms with E-state index in [9.17, 15) is 9.59 Å². The smallest absolute Gasteiger partial charge is 0.289 e. The highest BCUT2D eigenvalue weighted by Crippen LogP contribution is 2.34. The Hall–Kier alpha value is -3.79. The third kappa shape index (κ3) is 4.25. The van der Waals surface area contributed by atoms with Crippen LogP contribution in [0.25, 0.3) is 10.9 Å². The van der Waals surface area contributed by atoms with E-state index < -0.39 is 6.04 Å². The van der Waals surface area contributed by atoms with Gasteiger partial charge in [0.2, 0.25) is 0 Å². The number of benzene rings is 1. The molecule has 0 bridgehead atoms. The molecule has 1 aliphatic carbocycles. The lowest BCUT2D eigenvalue weighted by Crippen LogP contribution is -2.50. The number of carbonyl (C=O) groups excluding carboxylic acids is 1. The summed E-state index contributed by atoms with van der Waals surface area (Å²) in [7, 11) is 0. The van der Waals surface area contributed by atoms with Crippen LogP contribution >= 0.6 is 0 Å². The molecule has 1 amide bonds. The number of piperazine rings is 1. The minimum atomic E-state index is -0.426. The largest absolute Gasteiger partial charge is 0.459 e. The minimum Gasteiger partial charge on any atom is -0.459 e. The Morgan fingerprint density at radius 1 is 1.08 bits per heavy atom. The Labute approximate surface area is 214 Å². The van der Waals surface area contributed by atoms with Gasteiger partial charge in [-0.25, -0.2) is 4.68 Å². The molecule has 10 nitrogen and oxygen atoms in total. The van der Waals surface area contributed by atoms with Crippen molar-refractivity contribution >= 4 is 16.8 Å². The van der Waals surface area contributed by atoms with E-state index in [1.54, 1.807) is 17.0 Å². The van der Waals surface area contributed by atoms with Crippen LogP contribution in [0.3, 0.4) is 0 Å². The van der Waals surface area contributed by atoms with Crippen LogP contribution in [0, 0.1) is 13.8 Å². The number of tetrazole rings is 1. The normalized spacial score (nSPS) is 18.1. The molecule has 1 aromatic carbocycles. The summed E-state index contributed by atoms with van der Waals surface area (Å²) < 4.78 is 7.26. The maximum Gasteiger partial charge on any atom is 0.289 e. The molecule has 4 heterocycles. The molecule has 0 radical (unpaired) electrons. The second kappa shape index (κ2) is 9.59. The Morgan fingerprint density at radius 3 is 2.57 bits per heavy atom. The van der Waals surface area contributed by atoms with Crippen LogP contribution < -0.4 is 5.56 Å². The molecule has 1 saturated heterocycles. The van der Waals surface area contributed by atoms with Gasteiger partial charge in [-0.15, -0.1) is 5.10 Å². The average Bonchev–Trinajstić information content (AvgIpc) is 3.70. The van der Waals surface area contributed by atoms with Gasteiger partial charge < -0.3 is 14.3 Å². The summed E-state index contributed by atoms with van der Waals surface area (Å²) in [6.07, 6.45) is 5.87. The zero-order valence-electron chi connectivity index (χ0n) is 21.2. The van der Waals surface area contributed by atoms with Gasteiger partial charge in [-0.3, -0.25) is 14.5 Å². The predicted octanol–water partition coefficient (Wildman–Crippen LogP) is 3.39.